The molecule has 1 aromatic heterocycles. The Morgan fingerprint density at radius 2 is 1.90 bits per heavy atom. The molecule has 29 heavy (non-hydrogen) atoms. The molecule has 3 aromatic rings. The Labute approximate surface area is 173 Å². The summed E-state index contributed by atoms with van der Waals surface area (Å²) in [6.07, 6.45) is 0. The number of nitrogens with two attached hydrogens (primary N) is 1. The quantitative estimate of drug-likeness (QED) is 0.610. The van der Waals surface area contributed by atoms with Crippen molar-refractivity contribution in [3.05, 3.63) is 90.8 Å². The van der Waals surface area contributed by atoms with Gasteiger partial charge in [0.05, 0.1) is 12.1 Å². The van der Waals surface area contributed by atoms with Gasteiger partial charge in [0.2, 0.25) is 0 Å². The molecule has 0 atom stereocenters. The molecular weight excluding hydrogens is 443 g/mol. The third-order valence-electron chi connectivity index (χ3n) is 4.39. The van der Waals surface area contributed by atoms with E-state index in [1.54, 1.807) is 6.92 Å². The molecule has 0 saturated heterocycles. The smallest absolute Gasteiger partial charge is 0.330 e. The van der Waals surface area contributed by atoms with Crippen LogP contribution in [-0.4, -0.2) is 22.0 Å². The molecule has 0 aliphatic carbocycles. The minimum atomic E-state index is -0.773. The maximum absolute atomic E-state index is 13.4. The highest BCUT2D eigenvalue weighted by atomic mass is 79.9. The van der Waals surface area contributed by atoms with Gasteiger partial charge in [-0.2, -0.15) is 0 Å². The van der Waals surface area contributed by atoms with Gasteiger partial charge in [-0.05, 0) is 46.6 Å². The van der Waals surface area contributed by atoms with Crippen molar-refractivity contribution in [2.75, 3.05) is 17.2 Å². The van der Waals surface area contributed by atoms with Crippen LogP contribution in [0.15, 0.2) is 62.6 Å². The van der Waals surface area contributed by atoms with Crippen LogP contribution in [0, 0.1) is 5.82 Å². The van der Waals surface area contributed by atoms with Crippen molar-refractivity contribution in [3.63, 3.8) is 0 Å². The van der Waals surface area contributed by atoms with Crippen LogP contribution in [0.2, 0.25) is 0 Å². The van der Waals surface area contributed by atoms with Gasteiger partial charge in [-0.15, -0.1) is 0 Å². The first-order valence-corrected chi connectivity index (χ1v) is 9.56. The number of halogens is 2. The van der Waals surface area contributed by atoms with Crippen LogP contribution in [0.25, 0.3) is 0 Å². The molecule has 0 radical (unpaired) electrons. The lowest BCUT2D eigenvalue weighted by atomic mass is 10.2. The number of benzene rings is 2. The fraction of sp³-hybridized carbons (Fsp3) is 0.150. The Bertz CT molecular complexity index is 1170. The predicted octanol–water partition coefficient (Wildman–Crippen LogP) is 2.74. The van der Waals surface area contributed by atoms with Crippen LogP contribution in [-0.2, 0) is 6.54 Å². The summed E-state index contributed by atoms with van der Waals surface area (Å²) in [4.78, 5) is 41.3. The number of carbonyl (C=O) groups is 1. The zero-order valence-corrected chi connectivity index (χ0v) is 17.1. The average Bonchev–Trinajstić information content (AvgIpc) is 2.68. The number of hydrogen-bond donors (Lipinski definition) is 2. The Balaban J connectivity index is 2.10. The van der Waals surface area contributed by atoms with E-state index >= 15 is 0 Å². The van der Waals surface area contributed by atoms with Crippen LogP contribution >= 0.6 is 15.9 Å². The van der Waals surface area contributed by atoms with Crippen molar-refractivity contribution in [2.24, 2.45) is 0 Å². The molecule has 3 rings (SSSR count). The molecule has 0 fully saturated rings. The van der Waals surface area contributed by atoms with Crippen molar-refractivity contribution in [2.45, 2.75) is 13.5 Å². The van der Waals surface area contributed by atoms with Gasteiger partial charge in [-0.3, -0.25) is 19.1 Å². The summed E-state index contributed by atoms with van der Waals surface area (Å²) in [6, 6.07) is 12.7. The molecule has 1 amide bonds. The van der Waals surface area contributed by atoms with Gasteiger partial charge in [0, 0.05) is 11.0 Å². The van der Waals surface area contributed by atoms with E-state index in [2.05, 4.69) is 20.9 Å². The molecule has 0 spiro atoms. The van der Waals surface area contributed by atoms with Gasteiger partial charge < -0.3 is 10.6 Å². The SMILES string of the molecule is CCN(C(=O)c1ccc(F)cc1Br)c1c(N)n(Cc2ccccc2)c(=O)[nH]c1=O. The Morgan fingerprint density at radius 1 is 1.21 bits per heavy atom. The molecule has 0 unspecified atom stereocenters. The van der Waals surface area contributed by atoms with E-state index in [-0.39, 0.29) is 34.6 Å². The number of H-pyrrole nitrogens is 1. The average molecular weight is 461 g/mol. The first-order chi connectivity index (χ1) is 13.8. The van der Waals surface area contributed by atoms with Crippen molar-refractivity contribution < 1.29 is 9.18 Å². The molecular formula is C20H18BrFN4O3. The molecule has 0 bridgehead atoms. The minimum Gasteiger partial charge on any atom is -0.383 e. The second kappa shape index (κ2) is 8.44. The van der Waals surface area contributed by atoms with E-state index in [0.717, 1.165) is 22.6 Å². The molecule has 0 saturated carbocycles. The lowest BCUT2D eigenvalue weighted by Gasteiger charge is -2.23. The van der Waals surface area contributed by atoms with Gasteiger partial charge in [-0.25, -0.2) is 9.18 Å². The van der Waals surface area contributed by atoms with Crippen molar-refractivity contribution in [3.8, 4) is 0 Å². The monoisotopic (exact) mass is 460 g/mol. The summed E-state index contributed by atoms with van der Waals surface area (Å²) in [7, 11) is 0. The summed E-state index contributed by atoms with van der Waals surface area (Å²) in [5.41, 5.74) is 5.54. The van der Waals surface area contributed by atoms with Crippen LogP contribution in [0.3, 0.4) is 0 Å². The first kappa shape index (κ1) is 20.5. The summed E-state index contributed by atoms with van der Waals surface area (Å²) < 4.78 is 14.8. The number of anilines is 2. The summed E-state index contributed by atoms with van der Waals surface area (Å²) in [5.74, 6) is -1.19. The van der Waals surface area contributed by atoms with Gasteiger partial charge >= 0.3 is 5.69 Å². The minimum absolute atomic E-state index is 0.111. The van der Waals surface area contributed by atoms with Gasteiger partial charge in [0.15, 0.2) is 5.69 Å². The predicted molar refractivity (Wildman–Crippen MR) is 113 cm³/mol. The molecule has 1 heterocycles. The highest BCUT2D eigenvalue weighted by Crippen LogP contribution is 2.24. The number of carbonyl (C=O) groups excluding carboxylic acids is 1. The molecule has 150 valence electrons. The Hall–Kier alpha value is -3.20. The maximum atomic E-state index is 13.4. The van der Waals surface area contributed by atoms with Crippen LogP contribution in [0.5, 0.6) is 0 Å². The molecule has 0 aliphatic heterocycles. The number of rotatable bonds is 5. The molecule has 0 aliphatic rings. The highest BCUT2D eigenvalue weighted by Gasteiger charge is 2.25. The molecule has 3 N–H and O–H groups in total. The first-order valence-electron chi connectivity index (χ1n) is 8.77. The van der Waals surface area contributed by atoms with E-state index in [1.807, 2.05) is 30.3 Å². The fourth-order valence-corrected chi connectivity index (χ4v) is 3.49. The third kappa shape index (κ3) is 4.14. The number of amides is 1. The maximum Gasteiger partial charge on any atom is 0.330 e. The zero-order valence-electron chi connectivity index (χ0n) is 15.5. The van der Waals surface area contributed by atoms with Crippen LogP contribution in [0.1, 0.15) is 22.8 Å². The number of nitrogens with one attached hydrogen (secondary N) is 1. The molecule has 9 heteroatoms. The second-order valence-corrected chi connectivity index (χ2v) is 7.09. The normalized spacial score (nSPS) is 10.7. The van der Waals surface area contributed by atoms with E-state index in [1.165, 1.54) is 10.6 Å². The summed E-state index contributed by atoms with van der Waals surface area (Å²) in [5, 5.41) is 0. The fourth-order valence-electron chi connectivity index (χ4n) is 2.97. The standard InChI is InChI=1S/C20H18BrFN4O3/c1-2-25(19(28)14-9-8-13(22)10-15(14)21)16-17(23)26(20(29)24-18(16)27)11-12-6-4-3-5-7-12/h3-10H,2,11,23H2,1H3,(H,24,27,29). The van der Waals surface area contributed by atoms with Gasteiger partial charge in [0.25, 0.3) is 11.5 Å². The Morgan fingerprint density at radius 3 is 2.52 bits per heavy atom. The Kier molecular flexibility index (Phi) is 5.97. The summed E-state index contributed by atoms with van der Waals surface area (Å²) in [6.45, 7) is 1.90. The number of nitrogen functional groups attached to an aromatic ring is 1. The number of nitrogens with zero attached hydrogens (tertiary/aromatic N) is 2. The second-order valence-electron chi connectivity index (χ2n) is 6.24. The van der Waals surface area contributed by atoms with Crippen LogP contribution < -0.4 is 21.9 Å². The summed E-state index contributed by atoms with van der Waals surface area (Å²) >= 11 is 3.17. The van der Waals surface area contributed by atoms with E-state index in [9.17, 15) is 18.8 Å². The molecule has 7 nitrogen and oxygen atoms in total. The number of aromatic nitrogens is 2. The lowest BCUT2D eigenvalue weighted by Crippen LogP contribution is -2.41. The zero-order chi connectivity index (χ0) is 21.1. The van der Waals surface area contributed by atoms with E-state index in [4.69, 9.17) is 5.73 Å². The largest absolute Gasteiger partial charge is 0.383 e. The van der Waals surface area contributed by atoms with Crippen LogP contribution in [0.4, 0.5) is 15.9 Å². The number of aromatic amines is 1. The van der Waals surface area contributed by atoms with Crippen molar-refractivity contribution in [1.82, 2.24) is 9.55 Å². The number of hydrogen-bond acceptors (Lipinski definition) is 4. The third-order valence-corrected chi connectivity index (χ3v) is 5.05. The van der Waals surface area contributed by atoms with Gasteiger partial charge in [-0.1, -0.05) is 30.3 Å². The lowest BCUT2D eigenvalue weighted by molar-refractivity contribution is 0.0987. The molecule has 2 aromatic carbocycles. The van der Waals surface area contributed by atoms with Gasteiger partial charge in [0.1, 0.15) is 11.6 Å². The van der Waals surface area contributed by atoms with Crippen molar-refractivity contribution in [1.29, 1.82) is 0 Å². The van der Waals surface area contributed by atoms with E-state index < -0.39 is 23.0 Å². The van der Waals surface area contributed by atoms with Crippen molar-refractivity contribution >= 4 is 33.3 Å². The highest BCUT2D eigenvalue weighted by molar-refractivity contribution is 9.10. The topological polar surface area (TPSA) is 101 Å². The van der Waals surface area contributed by atoms with E-state index in [0.29, 0.717) is 0 Å².